The molecule has 0 amide bonds. The molecule has 1 unspecified atom stereocenters. The smallest absolute Gasteiger partial charge is 0.161 e. The van der Waals surface area contributed by atoms with Gasteiger partial charge in [0.2, 0.25) is 0 Å². The molecule has 3 nitrogen and oxygen atoms in total. The molecule has 3 heteroatoms. The molecule has 21 heavy (non-hydrogen) atoms. The van der Waals surface area contributed by atoms with E-state index in [2.05, 4.69) is 30.4 Å². The Kier molecular flexibility index (Phi) is 4.81. The Bertz CT molecular complexity index is 510. The van der Waals surface area contributed by atoms with Crippen LogP contribution < -0.4 is 14.8 Å². The molecule has 0 spiro atoms. The number of fused-ring (bicyclic) bond motifs is 1. The van der Waals surface area contributed by atoms with Gasteiger partial charge in [-0.25, -0.2) is 0 Å². The van der Waals surface area contributed by atoms with Crippen molar-refractivity contribution in [3.63, 3.8) is 0 Å². The molecule has 1 atom stereocenters. The monoisotopic (exact) mass is 287 g/mol. The largest absolute Gasteiger partial charge is 0.486 e. The maximum absolute atomic E-state index is 5.65. The Balaban J connectivity index is 1.52. The van der Waals surface area contributed by atoms with Gasteiger partial charge in [0, 0.05) is 6.04 Å². The summed E-state index contributed by atoms with van der Waals surface area (Å²) >= 11 is 0. The molecule has 0 fully saturated rings. The molecule has 0 bridgehead atoms. The standard InChI is InChI=1S/C18H25NO2/c1-14(19-10-9-15-5-3-2-4-6-15)16-7-8-17-18(13-16)21-12-11-20-17/h5,7-8,13-14,19H,2-4,6,9-12H2,1H3. The average molecular weight is 287 g/mol. The highest BCUT2D eigenvalue weighted by Gasteiger charge is 2.14. The first kappa shape index (κ1) is 14.5. The number of rotatable bonds is 5. The first-order chi connectivity index (χ1) is 10.3. The zero-order valence-corrected chi connectivity index (χ0v) is 12.9. The van der Waals surface area contributed by atoms with Gasteiger partial charge in [0.25, 0.3) is 0 Å². The van der Waals surface area contributed by atoms with Crippen molar-refractivity contribution in [2.75, 3.05) is 19.8 Å². The highest BCUT2D eigenvalue weighted by Crippen LogP contribution is 2.32. The fourth-order valence-electron chi connectivity index (χ4n) is 3.03. The first-order valence-corrected chi connectivity index (χ1v) is 8.14. The minimum absolute atomic E-state index is 0.338. The van der Waals surface area contributed by atoms with E-state index in [1.165, 1.54) is 37.7 Å². The van der Waals surface area contributed by atoms with Gasteiger partial charge in [-0.05, 0) is 63.3 Å². The van der Waals surface area contributed by atoms with E-state index in [0.29, 0.717) is 19.3 Å². The van der Waals surface area contributed by atoms with Crippen LogP contribution in [-0.2, 0) is 0 Å². The molecule has 0 saturated heterocycles. The van der Waals surface area contributed by atoms with Crippen molar-refractivity contribution >= 4 is 0 Å². The van der Waals surface area contributed by atoms with Crippen LogP contribution in [0.2, 0.25) is 0 Å². The normalized spacial score (nSPS) is 19.0. The van der Waals surface area contributed by atoms with Crippen molar-refractivity contribution in [3.05, 3.63) is 35.4 Å². The van der Waals surface area contributed by atoms with Crippen LogP contribution in [0.5, 0.6) is 11.5 Å². The summed E-state index contributed by atoms with van der Waals surface area (Å²) in [4.78, 5) is 0. The molecule has 3 rings (SSSR count). The molecular weight excluding hydrogens is 262 g/mol. The van der Waals surface area contributed by atoms with Crippen LogP contribution in [0.25, 0.3) is 0 Å². The van der Waals surface area contributed by atoms with E-state index in [0.717, 1.165) is 18.0 Å². The molecule has 1 N–H and O–H groups in total. The van der Waals surface area contributed by atoms with Crippen LogP contribution in [0, 0.1) is 0 Å². The molecule has 1 aromatic rings. The lowest BCUT2D eigenvalue weighted by Crippen LogP contribution is -2.21. The van der Waals surface area contributed by atoms with Crippen LogP contribution in [0.4, 0.5) is 0 Å². The predicted octanol–water partition coefficient (Wildman–Crippen LogP) is 4.00. The molecule has 1 aliphatic heterocycles. The number of benzene rings is 1. The van der Waals surface area contributed by atoms with Gasteiger partial charge in [-0.3, -0.25) is 0 Å². The number of ether oxygens (including phenoxy) is 2. The Morgan fingerprint density at radius 1 is 1.14 bits per heavy atom. The Morgan fingerprint density at radius 3 is 2.81 bits per heavy atom. The summed E-state index contributed by atoms with van der Waals surface area (Å²) in [5.41, 5.74) is 2.89. The summed E-state index contributed by atoms with van der Waals surface area (Å²) in [6, 6.07) is 6.59. The van der Waals surface area contributed by atoms with Crippen molar-refractivity contribution in [2.24, 2.45) is 0 Å². The maximum atomic E-state index is 5.65. The fourth-order valence-corrected chi connectivity index (χ4v) is 3.03. The molecule has 0 radical (unpaired) electrons. The summed E-state index contributed by atoms with van der Waals surface area (Å²) in [5.74, 6) is 1.74. The Morgan fingerprint density at radius 2 is 2.00 bits per heavy atom. The second kappa shape index (κ2) is 6.99. The SMILES string of the molecule is CC(NCCC1=CCCCC1)c1ccc2c(c1)OCCO2. The highest BCUT2D eigenvalue weighted by atomic mass is 16.6. The van der Waals surface area contributed by atoms with E-state index in [1.54, 1.807) is 5.57 Å². The quantitative estimate of drug-likeness (QED) is 0.830. The third kappa shape index (κ3) is 3.79. The number of allylic oxidation sites excluding steroid dienone is 1. The van der Waals surface area contributed by atoms with E-state index < -0.39 is 0 Å². The number of nitrogens with one attached hydrogen (secondary N) is 1. The zero-order valence-electron chi connectivity index (χ0n) is 12.9. The van der Waals surface area contributed by atoms with Gasteiger partial charge in [0.1, 0.15) is 13.2 Å². The van der Waals surface area contributed by atoms with E-state index in [9.17, 15) is 0 Å². The van der Waals surface area contributed by atoms with Gasteiger partial charge < -0.3 is 14.8 Å². The second-order valence-corrected chi connectivity index (χ2v) is 5.94. The Labute approximate surface area is 127 Å². The molecule has 1 aliphatic carbocycles. The molecular formula is C18H25NO2. The van der Waals surface area contributed by atoms with Crippen molar-refractivity contribution in [2.45, 2.75) is 45.1 Å². The zero-order chi connectivity index (χ0) is 14.5. The molecule has 1 heterocycles. The minimum atomic E-state index is 0.338. The third-order valence-electron chi connectivity index (χ3n) is 4.35. The third-order valence-corrected chi connectivity index (χ3v) is 4.35. The Hall–Kier alpha value is -1.48. The summed E-state index contributed by atoms with van der Waals surface area (Å²) < 4.78 is 11.2. The topological polar surface area (TPSA) is 30.5 Å². The number of hydrogen-bond donors (Lipinski definition) is 1. The molecule has 114 valence electrons. The van der Waals surface area contributed by atoms with Crippen LogP contribution >= 0.6 is 0 Å². The summed E-state index contributed by atoms with van der Waals surface area (Å²) in [6.45, 7) is 4.55. The predicted molar refractivity (Wildman–Crippen MR) is 85.0 cm³/mol. The van der Waals surface area contributed by atoms with Crippen molar-refractivity contribution in [3.8, 4) is 11.5 Å². The van der Waals surface area contributed by atoms with E-state index >= 15 is 0 Å². The molecule has 2 aliphatic rings. The lowest BCUT2D eigenvalue weighted by Gasteiger charge is -2.21. The molecule has 0 aromatic heterocycles. The van der Waals surface area contributed by atoms with Gasteiger partial charge in [-0.1, -0.05) is 17.7 Å². The van der Waals surface area contributed by atoms with Crippen molar-refractivity contribution in [1.29, 1.82) is 0 Å². The lowest BCUT2D eigenvalue weighted by molar-refractivity contribution is 0.171. The van der Waals surface area contributed by atoms with Crippen LogP contribution in [0.3, 0.4) is 0 Å². The van der Waals surface area contributed by atoms with E-state index in [-0.39, 0.29) is 0 Å². The first-order valence-electron chi connectivity index (χ1n) is 8.14. The van der Waals surface area contributed by atoms with E-state index in [4.69, 9.17) is 9.47 Å². The van der Waals surface area contributed by atoms with Crippen LogP contribution in [0.15, 0.2) is 29.8 Å². The van der Waals surface area contributed by atoms with Crippen LogP contribution in [-0.4, -0.2) is 19.8 Å². The van der Waals surface area contributed by atoms with Gasteiger partial charge in [0.05, 0.1) is 0 Å². The summed E-state index contributed by atoms with van der Waals surface area (Å²) in [6.07, 6.45) is 8.90. The van der Waals surface area contributed by atoms with Crippen molar-refractivity contribution < 1.29 is 9.47 Å². The van der Waals surface area contributed by atoms with Gasteiger partial charge >= 0.3 is 0 Å². The summed E-state index contributed by atoms with van der Waals surface area (Å²) in [7, 11) is 0. The van der Waals surface area contributed by atoms with E-state index in [1.807, 2.05) is 6.07 Å². The molecule has 1 aromatic carbocycles. The molecule has 0 saturated carbocycles. The van der Waals surface area contributed by atoms with Gasteiger partial charge in [-0.2, -0.15) is 0 Å². The van der Waals surface area contributed by atoms with Crippen molar-refractivity contribution in [1.82, 2.24) is 5.32 Å². The lowest BCUT2D eigenvalue weighted by atomic mass is 9.97. The van der Waals surface area contributed by atoms with Crippen LogP contribution in [0.1, 0.15) is 50.6 Å². The van der Waals surface area contributed by atoms with Gasteiger partial charge in [0.15, 0.2) is 11.5 Å². The van der Waals surface area contributed by atoms with Gasteiger partial charge in [-0.15, -0.1) is 0 Å². The highest BCUT2D eigenvalue weighted by molar-refractivity contribution is 5.44. The fraction of sp³-hybridized carbons (Fsp3) is 0.556. The minimum Gasteiger partial charge on any atom is -0.486 e. The number of hydrogen-bond acceptors (Lipinski definition) is 3. The average Bonchev–Trinajstić information content (AvgIpc) is 2.55. The summed E-state index contributed by atoms with van der Waals surface area (Å²) in [5, 5.41) is 3.62. The second-order valence-electron chi connectivity index (χ2n) is 5.94. The maximum Gasteiger partial charge on any atom is 0.161 e.